The first-order chi connectivity index (χ1) is 17.5. The number of halogens is 2. The van der Waals surface area contributed by atoms with Crippen molar-refractivity contribution in [3.8, 4) is 33.4 Å². The van der Waals surface area contributed by atoms with Crippen molar-refractivity contribution >= 4 is 23.2 Å². The molecule has 36 heavy (non-hydrogen) atoms. The molecule has 1 aliphatic carbocycles. The van der Waals surface area contributed by atoms with Crippen LogP contribution in [0.3, 0.4) is 0 Å². The lowest BCUT2D eigenvalue weighted by molar-refractivity contribution is 0.501. The number of rotatable bonds is 3. The molecule has 0 saturated carbocycles. The van der Waals surface area contributed by atoms with Crippen LogP contribution in [0.1, 0.15) is 42.5 Å². The summed E-state index contributed by atoms with van der Waals surface area (Å²) in [5.74, 6) is 0.735. The van der Waals surface area contributed by atoms with Crippen molar-refractivity contribution in [2.24, 2.45) is 5.92 Å². The molecule has 0 amide bonds. The molecule has 0 bridgehead atoms. The summed E-state index contributed by atoms with van der Waals surface area (Å²) in [7, 11) is 0. The molecular formula is C33H31Cl2N. The van der Waals surface area contributed by atoms with Gasteiger partial charge in [0.15, 0.2) is 0 Å². The molecule has 0 spiro atoms. The second-order valence-corrected chi connectivity index (χ2v) is 11.4. The topological polar surface area (TPSA) is 12.0 Å². The van der Waals surface area contributed by atoms with Crippen LogP contribution in [0.4, 0.5) is 0 Å². The number of hydrogen-bond donors (Lipinski definition) is 1. The molecule has 0 radical (unpaired) electrons. The molecule has 3 heteroatoms. The van der Waals surface area contributed by atoms with E-state index >= 15 is 0 Å². The maximum Gasteiger partial charge on any atom is 0.0563 e. The first-order valence-electron chi connectivity index (χ1n) is 13.0. The maximum absolute atomic E-state index is 7.11. The minimum Gasteiger partial charge on any atom is -0.310 e. The van der Waals surface area contributed by atoms with Crippen LogP contribution in [-0.2, 0) is 25.8 Å². The van der Waals surface area contributed by atoms with Gasteiger partial charge in [0.05, 0.1) is 10.0 Å². The Labute approximate surface area is 224 Å². The van der Waals surface area contributed by atoms with E-state index in [-0.39, 0.29) is 0 Å². The van der Waals surface area contributed by atoms with Gasteiger partial charge in [-0.2, -0.15) is 0 Å². The third kappa shape index (κ3) is 4.39. The molecule has 1 aliphatic heterocycles. The van der Waals surface area contributed by atoms with Gasteiger partial charge in [-0.25, -0.2) is 0 Å². The second kappa shape index (κ2) is 9.71. The zero-order valence-corrected chi connectivity index (χ0v) is 22.4. The van der Waals surface area contributed by atoms with Crippen LogP contribution in [0.2, 0.25) is 10.0 Å². The van der Waals surface area contributed by atoms with Crippen LogP contribution in [0.25, 0.3) is 33.4 Å². The lowest BCUT2D eigenvalue weighted by Crippen LogP contribution is -2.32. The molecule has 0 fully saturated rings. The van der Waals surface area contributed by atoms with Crippen LogP contribution in [0, 0.1) is 5.92 Å². The number of nitrogens with one attached hydrogen (secondary N) is 1. The highest BCUT2D eigenvalue weighted by Crippen LogP contribution is 2.43. The summed E-state index contributed by atoms with van der Waals surface area (Å²) < 4.78 is 0. The van der Waals surface area contributed by atoms with Gasteiger partial charge in [0, 0.05) is 34.8 Å². The third-order valence-electron chi connectivity index (χ3n) is 7.96. The Morgan fingerprint density at radius 3 is 1.83 bits per heavy atom. The van der Waals surface area contributed by atoms with Crippen LogP contribution in [0.15, 0.2) is 72.8 Å². The van der Waals surface area contributed by atoms with Gasteiger partial charge in [0.1, 0.15) is 0 Å². The molecule has 1 nitrogen and oxygen atoms in total. The fourth-order valence-electron chi connectivity index (χ4n) is 5.87. The molecule has 4 aromatic carbocycles. The maximum atomic E-state index is 7.11. The van der Waals surface area contributed by atoms with Gasteiger partial charge in [-0.05, 0) is 71.9 Å². The molecular weight excluding hydrogens is 481 g/mol. The monoisotopic (exact) mass is 511 g/mol. The van der Waals surface area contributed by atoms with E-state index in [9.17, 15) is 0 Å². The number of benzene rings is 4. The highest BCUT2D eigenvalue weighted by Gasteiger charge is 2.20. The number of aryl methyl sites for hydroxylation is 1. The molecule has 2 aliphatic rings. The van der Waals surface area contributed by atoms with Crippen LogP contribution < -0.4 is 5.32 Å². The smallest absolute Gasteiger partial charge is 0.0563 e. The Balaban J connectivity index is 1.40. The van der Waals surface area contributed by atoms with Crippen LogP contribution in [0.5, 0.6) is 0 Å². The first-order valence-corrected chi connectivity index (χ1v) is 13.8. The van der Waals surface area contributed by atoms with E-state index in [2.05, 4.69) is 92.0 Å². The van der Waals surface area contributed by atoms with Gasteiger partial charge in [-0.3, -0.25) is 0 Å². The molecule has 6 rings (SSSR count). The van der Waals surface area contributed by atoms with Gasteiger partial charge < -0.3 is 5.32 Å². The molecule has 1 N–H and O–H groups in total. The standard InChI is InChI=1S/C33H31Cl2N/c1-20-9-10-22-11-12-23(17-26(22)15-20)28-5-3-7-30(32(28)34)31-8-4-6-29(33(31)35)24-13-14-25-19-36-21(2)16-27(25)18-24/h3-8,11-14,17-18,20-21,36H,9-10,15-16,19H2,1-2H3. The fourth-order valence-corrected chi connectivity index (χ4v) is 6.55. The Morgan fingerprint density at radius 2 is 1.19 bits per heavy atom. The quantitative estimate of drug-likeness (QED) is 0.289. The van der Waals surface area contributed by atoms with Crippen molar-refractivity contribution in [1.82, 2.24) is 5.32 Å². The first kappa shape index (κ1) is 23.8. The fraction of sp³-hybridized carbons (Fsp3) is 0.273. The van der Waals surface area contributed by atoms with E-state index < -0.39 is 0 Å². The van der Waals surface area contributed by atoms with Gasteiger partial charge in [0.25, 0.3) is 0 Å². The van der Waals surface area contributed by atoms with Crippen molar-refractivity contribution in [3.63, 3.8) is 0 Å². The normalized spacial score (nSPS) is 19.0. The Kier molecular flexibility index (Phi) is 6.42. The summed E-state index contributed by atoms with van der Waals surface area (Å²) >= 11 is 14.2. The van der Waals surface area contributed by atoms with E-state index in [0.29, 0.717) is 6.04 Å². The van der Waals surface area contributed by atoms with Crippen molar-refractivity contribution in [1.29, 1.82) is 0 Å². The van der Waals surface area contributed by atoms with Gasteiger partial charge in [-0.15, -0.1) is 0 Å². The summed E-state index contributed by atoms with van der Waals surface area (Å²) in [6.45, 7) is 5.51. The molecule has 4 aromatic rings. The largest absolute Gasteiger partial charge is 0.310 e. The van der Waals surface area contributed by atoms with Gasteiger partial charge in [0.2, 0.25) is 0 Å². The van der Waals surface area contributed by atoms with Crippen molar-refractivity contribution in [2.45, 2.75) is 52.1 Å². The molecule has 0 aromatic heterocycles. The van der Waals surface area contributed by atoms with Crippen LogP contribution >= 0.6 is 23.2 Å². The summed E-state index contributed by atoms with van der Waals surface area (Å²) in [6, 6.07) is 26.6. The summed E-state index contributed by atoms with van der Waals surface area (Å²) in [6.07, 6.45) is 4.63. The highest BCUT2D eigenvalue weighted by atomic mass is 35.5. The molecule has 2 atom stereocenters. The number of hydrogen-bond acceptors (Lipinski definition) is 1. The van der Waals surface area contributed by atoms with E-state index in [1.807, 2.05) is 0 Å². The Bertz CT molecular complexity index is 1340. The second-order valence-electron chi connectivity index (χ2n) is 10.6. The average molecular weight is 513 g/mol. The van der Waals surface area contributed by atoms with Crippen molar-refractivity contribution in [3.05, 3.63) is 105 Å². The summed E-state index contributed by atoms with van der Waals surface area (Å²) in [5, 5.41) is 5.05. The van der Waals surface area contributed by atoms with E-state index in [0.717, 1.165) is 63.2 Å². The lowest BCUT2D eigenvalue weighted by Gasteiger charge is -2.24. The molecule has 2 unspecified atom stereocenters. The zero-order valence-electron chi connectivity index (χ0n) is 20.9. The lowest BCUT2D eigenvalue weighted by atomic mass is 9.83. The van der Waals surface area contributed by atoms with E-state index in [1.54, 1.807) is 0 Å². The van der Waals surface area contributed by atoms with E-state index in [4.69, 9.17) is 23.2 Å². The third-order valence-corrected chi connectivity index (χ3v) is 8.78. The predicted molar refractivity (Wildman–Crippen MR) is 154 cm³/mol. The van der Waals surface area contributed by atoms with Crippen LogP contribution in [-0.4, -0.2) is 6.04 Å². The Morgan fingerprint density at radius 1 is 0.639 bits per heavy atom. The summed E-state index contributed by atoms with van der Waals surface area (Å²) in [5.41, 5.74) is 12.1. The number of fused-ring (bicyclic) bond motifs is 2. The van der Waals surface area contributed by atoms with Crippen molar-refractivity contribution < 1.29 is 0 Å². The van der Waals surface area contributed by atoms with E-state index in [1.165, 1.54) is 40.7 Å². The Hall–Kier alpha value is -2.58. The van der Waals surface area contributed by atoms with Crippen molar-refractivity contribution in [2.75, 3.05) is 0 Å². The predicted octanol–water partition coefficient (Wildman–Crippen LogP) is 9.15. The SMILES string of the molecule is CC1CCc2ccc(-c3cccc(-c4cccc(-c5ccc6c(c5)CC(C)NC6)c4Cl)c3Cl)cc2C1. The minimum absolute atomic E-state index is 0.489. The zero-order chi connectivity index (χ0) is 24.8. The highest BCUT2D eigenvalue weighted by molar-refractivity contribution is 6.39. The molecule has 1 heterocycles. The molecule has 182 valence electrons. The average Bonchev–Trinajstić information content (AvgIpc) is 2.88. The molecule has 0 saturated heterocycles. The minimum atomic E-state index is 0.489. The van der Waals surface area contributed by atoms with Gasteiger partial charge >= 0.3 is 0 Å². The summed E-state index contributed by atoms with van der Waals surface area (Å²) in [4.78, 5) is 0. The van der Waals surface area contributed by atoms with Gasteiger partial charge in [-0.1, -0.05) is 103 Å².